The van der Waals surface area contributed by atoms with Gasteiger partial charge in [0.2, 0.25) is 0 Å². The van der Waals surface area contributed by atoms with Crippen LogP contribution in [0.25, 0.3) is 0 Å². The monoisotopic (exact) mass is 333 g/mol. The number of carbonyl (C=O) groups is 1. The van der Waals surface area contributed by atoms with Crippen molar-refractivity contribution in [1.29, 1.82) is 0 Å². The highest BCUT2D eigenvalue weighted by Gasteiger charge is 2.02. The summed E-state index contributed by atoms with van der Waals surface area (Å²) < 4.78 is 5.41. The molecule has 0 aliphatic rings. The summed E-state index contributed by atoms with van der Waals surface area (Å²) in [7, 11) is 0. The van der Waals surface area contributed by atoms with Crippen LogP contribution in [0.2, 0.25) is 10.0 Å². The Morgan fingerprint density at radius 2 is 1.77 bits per heavy atom. The van der Waals surface area contributed by atoms with Gasteiger partial charge >= 0.3 is 0 Å². The maximum atomic E-state index is 11.8. The summed E-state index contributed by atoms with van der Waals surface area (Å²) in [6.07, 6.45) is 0. The van der Waals surface area contributed by atoms with E-state index in [1.807, 2.05) is 12.1 Å². The molecule has 22 heavy (non-hydrogen) atoms. The van der Waals surface area contributed by atoms with Gasteiger partial charge in [-0.2, -0.15) is 0 Å². The number of rotatable bonds is 4. The number of ether oxygens (including phenoxy) is 1. The zero-order valence-corrected chi connectivity index (χ0v) is 13.1. The van der Waals surface area contributed by atoms with Crippen molar-refractivity contribution in [3.8, 4) is 17.6 Å². The van der Waals surface area contributed by atoms with Gasteiger partial charge in [0, 0.05) is 10.6 Å². The zero-order chi connectivity index (χ0) is 15.8. The first kappa shape index (κ1) is 16.2. The molecule has 2 aromatic carbocycles. The Kier molecular flexibility index (Phi) is 6.14. The SMILES string of the molecule is O=C(NCC#CCOc1ccccc1Cl)c1ccc(Cl)cc1. The second-order valence-electron chi connectivity index (χ2n) is 4.26. The number of amides is 1. The smallest absolute Gasteiger partial charge is 0.252 e. The molecule has 0 bridgehead atoms. The normalized spacial score (nSPS) is 9.55. The Balaban J connectivity index is 1.74. The van der Waals surface area contributed by atoms with E-state index in [1.165, 1.54) is 0 Å². The molecular weight excluding hydrogens is 321 g/mol. The lowest BCUT2D eigenvalue weighted by molar-refractivity contribution is 0.0958. The van der Waals surface area contributed by atoms with Gasteiger partial charge in [0.15, 0.2) is 0 Å². The average molecular weight is 334 g/mol. The third-order valence-corrected chi connectivity index (χ3v) is 3.27. The van der Waals surface area contributed by atoms with Crippen molar-refractivity contribution < 1.29 is 9.53 Å². The fraction of sp³-hybridized carbons (Fsp3) is 0.118. The minimum Gasteiger partial charge on any atom is -0.479 e. The Labute approximate surface area is 139 Å². The van der Waals surface area contributed by atoms with Crippen LogP contribution in [0.15, 0.2) is 48.5 Å². The number of hydrogen-bond donors (Lipinski definition) is 1. The van der Waals surface area contributed by atoms with Crippen LogP contribution in [0.3, 0.4) is 0 Å². The van der Waals surface area contributed by atoms with E-state index in [0.29, 0.717) is 21.4 Å². The van der Waals surface area contributed by atoms with Crippen LogP contribution in [0.4, 0.5) is 0 Å². The molecule has 0 aromatic heterocycles. The zero-order valence-electron chi connectivity index (χ0n) is 11.6. The maximum Gasteiger partial charge on any atom is 0.252 e. The standard InChI is InChI=1S/C17H13Cl2NO2/c18-14-9-7-13(8-10-14)17(21)20-11-3-4-12-22-16-6-2-1-5-15(16)19/h1-2,5-10H,11-12H2,(H,20,21). The highest BCUT2D eigenvalue weighted by molar-refractivity contribution is 6.32. The van der Waals surface area contributed by atoms with E-state index in [2.05, 4.69) is 17.2 Å². The van der Waals surface area contributed by atoms with Crippen LogP contribution >= 0.6 is 23.2 Å². The molecule has 0 aliphatic carbocycles. The summed E-state index contributed by atoms with van der Waals surface area (Å²) in [5.41, 5.74) is 0.540. The van der Waals surface area contributed by atoms with E-state index in [0.717, 1.165) is 0 Å². The van der Waals surface area contributed by atoms with Gasteiger partial charge in [-0.3, -0.25) is 4.79 Å². The molecule has 2 rings (SSSR count). The van der Waals surface area contributed by atoms with Gasteiger partial charge in [0.1, 0.15) is 12.4 Å². The molecule has 0 spiro atoms. The third-order valence-electron chi connectivity index (χ3n) is 2.71. The lowest BCUT2D eigenvalue weighted by atomic mass is 10.2. The Morgan fingerprint density at radius 3 is 2.50 bits per heavy atom. The van der Waals surface area contributed by atoms with Gasteiger partial charge in [0.05, 0.1) is 11.6 Å². The molecule has 0 saturated carbocycles. The summed E-state index contributed by atoms with van der Waals surface area (Å²) in [6, 6.07) is 13.8. The van der Waals surface area contributed by atoms with Gasteiger partial charge in [-0.25, -0.2) is 0 Å². The molecule has 3 nitrogen and oxygen atoms in total. The van der Waals surface area contributed by atoms with Crippen molar-refractivity contribution in [2.24, 2.45) is 0 Å². The quantitative estimate of drug-likeness (QED) is 0.864. The van der Waals surface area contributed by atoms with Gasteiger partial charge in [0.25, 0.3) is 5.91 Å². The van der Waals surface area contributed by atoms with E-state index in [1.54, 1.807) is 36.4 Å². The van der Waals surface area contributed by atoms with Crippen LogP contribution in [-0.4, -0.2) is 19.1 Å². The fourth-order valence-electron chi connectivity index (χ4n) is 1.62. The van der Waals surface area contributed by atoms with Crippen LogP contribution in [-0.2, 0) is 0 Å². The summed E-state index contributed by atoms with van der Waals surface area (Å²) in [5.74, 6) is 6.01. The van der Waals surface area contributed by atoms with E-state index in [4.69, 9.17) is 27.9 Å². The van der Waals surface area contributed by atoms with Crippen molar-refractivity contribution in [1.82, 2.24) is 5.32 Å². The highest BCUT2D eigenvalue weighted by atomic mass is 35.5. The summed E-state index contributed by atoms with van der Waals surface area (Å²) in [5, 5.41) is 3.82. The van der Waals surface area contributed by atoms with E-state index < -0.39 is 0 Å². The van der Waals surface area contributed by atoms with Gasteiger partial charge in [-0.15, -0.1) is 0 Å². The van der Waals surface area contributed by atoms with Crippen molar-refractivity contribution in [3.05, 3.63) is 64.1 Å². The number of hydrogen-bond acceptors (Lipinski definition) is 2. The molecule has 2 aromatic rings. The first-order chi connectivity index (χ1) is 10.7. The Morgan fingerprint density at radius 1 is 1.05 bits per heavy atom. The van der Waals surface area contributed by atoms with Crippen LogP contribution < -0.4 is 10.1 Å². The van der Waals surface area contributed by atoms with Gasteiger partial charge in [-0.1, -0.05) is 47.2 Å². The topological polar surface area (TPSA) is 38.3 Å². The number of nitrogens with one attached hydrogen (secondary N) is 1. The minimum atomic E-state index is -0.196. The first-order valence-corrected chi connectivity index (χ1v) is 7.29. The molecule has 0 saturated heterocycles. The highest BCUT2D eigenvalue weighted by Crippen LogP contribution is 2.22. The molecular formula is C17H13Cl2NO2. The van der Waals surface area contributed by atoms with Gasteiger partial charge < -0.3 is 10.1 Å². The van der Waals surface area contributed by atoms with Crippen molar-refractivity contribution in [2.45, 2.75) is 0 Å². The predicted molar refractivity (Wildman–Crippen MR) is 88.5 cm³/mol. The molecule has 0 atom stereocenters. The lowest BCUT2D eigenvalue weighted by Gasteiger charge is -2.03. The summed E-state index contributed by atoms with van der Waals surface area (Å²) >= 11 is 11.7. The van der Waals surface area contributed by atoms with E-state index >= 15 is 0 Å². The van der Waals surface area contributed by atoms with E-state index in [9.17, 15) is 4.79 Å². The fourth-order valence-corrected chi connectivity index (χ4v) is 1.93. The Hall–Kier alpha value is -2.15. The molecule has 5 heteroatoms. The minimum absolute atomic E-state index is 0.196. The van der Waals surface area contributed by atoms with Crippen LogP contribution in [0.5, 0.6) is 5.75 Å². The molecule has 1 N–H and O–H groups in total. The number of para-hydroxylation sites is 1. The Bertz CT molecular complexity index is 703. The molecule has 1 amide bonds. The molecule has 0 fully saturated rings. The largest absolute Gasteiger partial charge is 0.479 e. The first-order valence-electron chi connectivity index (χ1n) is 6.53. The predicted octanol–water partition coefficient (Wildman–Crippen LogP) is 3.81. The van der Waals surface area contributed by atoms with Crippen molar-refractivity contribution in [3.63, 3.8) is 0 Å². The summed E-state index contributed by atoms with van der Waals surface area (Å²) in [6.45, 7) is 0.452. The van der Waals surface area contributed by atoms with Gasteiger partial charge in [-0.05, 0) is 36.4 Å². The second-order valence-corrected chi connectivity index (χ2v) is 5.11. The maximum absolute atomic E-state index is 11.8. The van der Waals surface area contributed by atoms with Crippen LogP contribution in [0.1, 0.15) is 10.4 Å². The second kappa shape index (κ2) is 8.33. The average Bonchev–Trinajstić information content (AvgIpc) is 2.53. The van der Waals surface area contributed by atoms with Crippen molar-refractivity contribution in [2.75, 3.05) is 13.2 Å². The molecule has 0 radical (unpaired) electrons. The third kappa shape index (κ3) is 5.00. The molecule has 112 valence electrons. The lowest BCUT2D eigenvalue weighted by Crippen LogP contribution is -2.23. The molecule has 0 heterocycles. The number of halogens is 2. The van der Waals surface area contributed by atoms with Crippen molar-refractivity contribution >= 4 is 29.1 Å². The summed E-state index contributed by atoms with van der Waals surface area (Å²) in [4.78, 5) is 11.8. The van der Waals surface area contributed by atoms with Crippen LogP contribution in [0, 0.1) is 11.8 Å². The molecule has 0 aliphatic heterocycles. The van der Waals surface area contributed by atoms with E-state index in [-0.39, 0.29) is 19.1 Å². The number of carbonyl (C=O) groups excluding carboxylic acids is 1. The number of benzene rings is 2. The molecule has 0 unspecified atom stereocenters.